The van der Waals surface area contributed by atoms with Gasteiger partial charge in [0.1, 0.15) is 10.9 Å². The van der Waals surface area contributed by atoms with E-state index in [0.717, 1.165) is 5.56 Å². The summed E-state index contributed by atoms with van der Waals surface area (Å²) < 4.78 is 38.7. The normalized spacial score (nSPS) is 23.3. The molecule has 2 aromatic carbocycles. The first kappa shape index (κ1) is 23.7. The second kappa shape index (κ2) is 9.06. The highest BCUT2D eigenvalue weighted by atomic mass is 35.5. The molecule has 1 fully saturated rings. The minimum absolute atomic E-state index is 0.0182. The third kappa shape index (κ3) is 4.38. The van der Waals surface area contributed by atoms with Crippen LogP contribution >= 0.6 is 11.6 Å². The number of halogens is 1. The Hall–Kier alpha value is -2.46. The minimum Gasteiger partial charge on any atom is -0.467 e. The van der Waals surface area contributed by atoms with Crippen LogP contribution in [0.25, 0.3) is 0 Å². The lowest BCUT2D eigenvalue weighted by Gasteiger charge is -2.34. The van der Waals surface area contributed by atoms with E-state index < -0.39 is 27.9 Å². The summed E-state index contributed by atoms with van der Waals surface area (Å²) in [5, 5.41) is 0.0182. The average molecular weight is 493 g/mol. The van der Waals surface area contributed by atoms with Gasteiger partial charge in [0.2, 0.25) is 10.0 Å². The highest BCUT2D eigenvalue weighted by Crippen LogP contribution is 2.35. The van der Waals surface area contributed by atoms with E-state index in [1.165, 1.54) is 34.5 Å². The predicted molar refractivity (Wildman–Crippen MR) is 123 cm³/mol. The maximum atomic E-state index is 13.6. The summed E-state index contributed by atoms with van der Waals surface area (Å²) in [5.74, 6) is -1.05. The van der Waals surface area contributed by atoms with Gasteiger partial charge in [0.25, 0.3) is 5.91 Å². The number of carbonyl (C=O) groups is 2. The smallest absolute Gasteiger partial charge is 0.329 e. The molecule has 0 aromatic heterocycles. The average Bonchev–Trinajstić information content (AvgIpc) is 3.17. The zero-order chi connectivity index (χ0) is 23.9. The molecule has 0 saturated carbocycles. The van der Waals surface area contributed by atoms with Crippen LogP contribution in [0.15, 0.2) is 47.4 Å². The largest absolute Gasteiger partial charge is 0.467 e. The van der Waals surface area contributed by atoms with Crippen LogP contribution in [0, 0.1) is 0 Å². The lowest BCUT2D eigenvalue weighted by Crippen LogP contribution is -2.48. The number of sulfonamides is 1. The number of morpholine rings is 1. The van der Waals surface area contributed by atoms with Crippen LogP contribution in [0.4, 0.5) is 5.69 Å². The van der Waals surface area contributed by atoms with E-state index in [1.807, 2.05) is 12.1 Å². The molecule has 0 N–H and O–H groups in total. The maximum Gasteiger partial charge on any atom is 0.329 e. The Morgan fingerprint density at radius 1 is 1.09 bits per heavy atom. The number of fused-ring (bicyclic) bond motifs is 1. The van der Waals surface area contributed by atoms with Gasteiger partial charge in [-0.3, -0.25) is 9.69 Å². The standard InChI is InChI=1S/C23H25ClN2O6S/c1-14-12-25(13-15(2)32-14)33(29,30)21-11-17(8-9-18(21)24)22(27)26-19-7-5-4-6-16(19)10-20(26)23(28)31-3/h4-9,11,14-15,20H,10,12-13H2,1-3H3. The Balaban J connectivity index is 1.73. The second-order valence-electron chi connectivity index (χ2n) is 8.27. The molecule has 2 aromatic rings. The number of esters is 1. The van der Waals surface area contributed by atoms with Gasteiger partial charge < -0.3 is 9.47 Å². The Morgan fingerprint density at radius 3 is 2.42 bits per heavy atom. The summed E-state index contributed by atoms with van der Waals surface area (Å²) in [4.78, 5) is 27.2. The SMILES string of the molecule is COC(=O)C1Cc2ccccc2N1C(=O)c1ccc(Cl)c(S(=O)(=O)N2CC(C)OC(C)C2)c1. The first-order chi connectivity index (χ1) is 15.6. The summed E-state index contributed by atoms with van der Waals surface area (Å²) in [5.41, 5.74) is 1.53. The third-order valence-corrected chi connectivity index (χ3v) is 8.16. The van der Waals surface area contributed by atoms with Crippen molar-refractivity contribution in [1.29, 1.82) is 0 Å². The number of methoxy groups -OCH3 is 1. The van der Waals surface area contributed by atoms with E-state index in [-0.39, 0.29) is 40.8 Å². The monoisotopic (exact) mass is 492 g/mol. The van der Waals surface area contributed by atoms with Crippen LogP contribution in [0.5, 0.6) is 0 Å². The molecule has 2 heterocycles. The molecule has 0 radical (unpaired) electrons. The number of carbonyl (C=O) groups excluding carboxylic acids is 2. The van der Waals surface area contributed by atoms with Crippen molar-refractivity contribution in [2.24, 2.45) is 0 Å². The molecule has 3 atom stereocenters. The fourth-order valence-corrected chi connectivity index (χ4v) is 6.49. The molecule has 0 aliphatic carbocycles. The van der Waals surface area contributed by atoms with Crippen molar-refractivity contribution in [3.05, 3.63) is 58.6 Å². The molecule has 8 nitrogen and oxygen atoms in total. The Labute approximate surface area is 198 Å². The lowest BCUT2D eigenvalue weighted by molar-refractivity contribution is -0.141. The van der Waals surface area contributed by atoms with Crippen LogP contribution in [-0.4, -0.2) is 63.0 Å². The van der Waals surface area contributed by atoms with Crippen LogP contribution in [0.1, 0.15) is 29.8 Å². The quantitative estimate of drug-likeness (QED) is 0.609. The molecule has 2 aliphatic heterocycles. The van der Waals surface area contributed by atoms with E-state index in [2.05, 4.69) is 0 Å². The topological polar surface area (TPSA) is 93.2 Å². The van der Waals surface area contributed by atoms with Gasteiger partial charge in [0.05, 0.1) is 24.3 Å². The number of para-hydroxylation sites is 1. The Bertz CT molecular complexity index is 1190. The van der Waals surface area contributed by atoms with Gasteiger partial charge in [-0.05, 0) is 43.7 Å². The molecule has 1 saturated heterocycles. The van der Waals surface area contributed by atoms with Crippen molar-refractivity contribution in [1.82, 2.24) is 4.31 Å². The van der Waals surface area contributed by atoms with Crippen molar-refractivity contribution < 1.29 is 27.5 Å². The summed E-state index contributed by atoms with van der Waals surface area (Å²) in [6, 6.07) is 10.5. The number of hydrogen-bond donors (Lipinski definition) is 0. The van der Waals surface area contributed by atoms with Gasteiger partial charge in [-0.2, -0.15) is 4.31 Å². The zero-order valence-corrected chi connectivity index (χ0v) is 20.1. The highest BCUT2D eigenvalue weighted by Gasteiger charge is 2.40. The van der Waals surface area contributed by atoms with Crippen molar-refractivity contribution >= 4 is 39.2 Å². The maximum absolute atomic E-state index is 13.6. The molecular formula is C23H25ClN2O6S. The Kier molecular flexibility index (Phi) is 6.50. The van der Waals surface area contributed by atoms with Crippen LogP contribution in [0.2, 0.25) is 5.02 Å². The number of amides is 1. The van der Waals surface area contributed by atoms with Crippen molar-refractivity contribution in [2.75, 3.05) is 25.1 Å². The molecule has 3 unspecified atom stereocenters. The van der Waals surface area contributed by atoms with E-state index in [1.54, 1.807) is 26.0 Å². The van der Waals surface area contributed by atoms with Gasteiger partial charge in [0, 0.05) is 30.8 Å². The molecular weight excluding hydrogens is 468 g/mol. The number of anilines is 1. The second-order valence-corrected chi connectivity index (χ2v) is 10.6. The molecule has 0 bridgehead atoms. The first-order valence-corrected chi connectivity index (χ1v) is 12.4. The number of ether oxygens (including phenoxy) is 2. The van der Waals surface area contributed by atoms with Crippen LogP contribution < -0.4 is 4.90 Å². The van der Waals surface area contributed by atoms with Crippen molar-refractivity contribution in [2.45, 2.75) is 43.4 Å². The molecule has 2 aliphatic rings. The summed E-state index contributed by atoms with van der Waals surface area (Å²) in [6.45, 7) is 3.98. The van der Waals surface area contributed by atoms with Crippen molar-refractivity contribution in [3.8, 4) is 0 Å². The number of rotatable bonds is 4. The highest BCUT2D eigenvalue weighted by molar-refractivity contribution is 7.89. The van der Waals surface area contributed by atoms with Crippen LogP contribution in [-0.2, 0) is 30.7 Å². The first-order valence-electron chi connectivity index (χ1n) is 10.6. The molecule has 10 heteroatoms. The molecule has 1 amide bonds. The number of nitrogens with zero attached hydrogens (tertiary/aromatic N) is 2. The number of hydrogen-bond acceptors (Lipinski definition) is 6. The third-order valence-electron chi connectivity index (χ3n) is 5.85. The summed E-state index contributed by atoms with van der Waals surface area (Å²) in [7, 11) is -2.70. The van der Waals surface area contributed by atoms with Gasteiger partial charge in [-0.1, -0.05) is 29.8 Å². The van der Waals surface area contributed by atoms with E-state index >= 15 is 0 Å². The Morgan fingerprint density at radius 2 is 1.76 bits per heavy atom. The summed E-state index contributed by atoms with van der Waals surface area (Å²) in [6.07, 6.45) is -0.222. The van der Waals surface area contributed by atoms with E-state index in [4.69, 9.17) is 21.1 Å². The van der Waals surface area contributed by atoms with Gasteiger partial charge >= 0.3 is 5.97 Å². The molecule has 176 valence electrons. The zero-order valence-electron chi connectivity index (χ0n) is 18.5. The van der Waals surface area contributed by atoms with Gasteiger partial charge in [-0.25, -0.2) is 13.2 Å². The summed E-state index contributed by atoms with van der Waals surface area (Å²) >= 11 is 6.28. The van der Waals surface area contributed by atoms with E-state index in [9.17, 15) is 18.0 Å². The van der Waals surface area contributed by atoms with Gasteiger partial charge in [-0.15, -0.1) is 0 Å². The molecule has 4 rings (SSSR count). The minimum atomic E-state index is -3.97. The fraction of sp³-hybridized carbons (Fsp3) is 0.391. The lowest BCUT2D eigenvalue weighted by atomic mass is 10.1. The van der Waals surface area contributed by atoms with Gasteiger partial charge in [0.15, 0.2) is 0 Å². The molecule has 33 heavy (non-hydrogen) atoms. The van der Waals surface area contributed by atoms with Crippen molar-refractivity contribution in [3.63, 3.8) is 0 Å². The number of benzene rings is 2. The fourth-order valence-electron chi connectivity index (χ4n) is 4.40. The van der Waals surface area contributed by atoms with Crippen LogP contribution in [0.3, 0.4) is 0 Å². The predicted octanol–water partition coefficient (Wildman–Crippen LogP) is 2.88. The molecule has 0 spiro atoms. The van der Waals surface area contributed by atoms with E-state index in [0.29, 0.717) is 12.1 Å².